The van der Waals surface area contributed by atoms with E-state index in [9.17, 15) is 0 Å². The third kappa shape index (κ3) is 5.13. The van der Waals surface area contributed by atoms with Gasteiger partial charge >= 0.3 is 0 Å². The minimum atomic E-state index is 0.480. The second-order valence-electron chi connectivity index (χ2n) is 6.02. The molecule has 108 valence electrons. The van der Waals surface area contributed by atoms with Gasteiger partial charge in [-0.3, -0.25) is 0 Å². The van der Waals surface area contributed by atoms with E-state index in [1.54, 1.807) is 4.88 Å². The van der Waals surface area contributed by atoms with Crippen LogP contribution in [-0.2, 0) is 12.8 Å². The Morgan fingerprint density at radius 1 is 0.895 bits per heavy atom. The van der Waals surface area contributed by atoms with Crippen molar-refractivity contribution in [2.24, 2.45) is 0 Å². The van der Waals surface area contributed by atoms with Crippen LogP contribution in [0.5, 0.6) is 0 Å². The summed E-state index contributed by atoms with van der Waals surface area (Å²) in [5, 5.41) is 4.60. The lowest BCUT2D eigenvalue weighted by Crippen LogP contribution is -2.09. The van der Waals surface area contributed by atoms with E-state index in [1.165, 1.54) is 69.9 Å². The van der Waals surface area contributed by atoms with Crippen molar-refractivity contribution in [3.05, 3.63) is 10.6 Å². The average molecular weight is 280 g/mol. The van der Waals surface area contributed by atoms with E-state index >= 15 is 0 Å². The lowest BCUT2D eigenvalue weighted by Gasteiger charge is -2.06. The number of aromatic nitrogens is 1. The summed E-state index contributed by atoms with van der Waals surface area (Å²) in [5.74, 6) is 0. The van der Waals surface area contributed by atoms with Crippen molar-refractivity contribution in [2.45, 2.75) is 84.1 Å². The van der Waals surface area contributed by atoms with Crippen molar-refractivity contribution in [1.82, 2.24) is 4.98 Å². The molecule has 2 rings (SSSR count). The smallest absolute Gasteiger partial charge is 0.183 e. The molecule has 1 aliphatic rings. The zero-order valence-corrected chi connectivity index (χ0v) is 13.3. The first-order valence-electron chi connectivity index (χ1n) is 8.01. The van der Waals surface area contributed by atoms with Gasteiger partial charge in [-0.1, -0.05) is 38.5 Å². The number of rotatable bonds is 2. The van der Waals surface area contributed by atoms with Crippen LogP contribution in [0, 0.1) is 0 Å². The standard InChI is InChI=1S/C16H28N2S/c1-13(2)17-16-18-14-11-9-7-5-3-4-6-8-10-12-15(14)19-16/h13H,3-12H2,1-2H3,(H,17,18). The molecule has 0 saturated carbocycles. The predicted molar refractivity (Wildman–Crippen MR) is 85.2 cm³/mol. The Morgan fingerprint density at radius 2 is 1.47 bits per heavy atom. The van der Waals surface area contributed by atoms with Gasteiger partial charge < -0.3 is 5.32 Å². The van der Waals surface area contributed by atoms with Crippen LogP contribution in [0.3, 0.4) is 0 Å². The summed E-state index contributed by atoms with van der Waals surface area (Å²) in [6.45, 7) is 4.37. The van der Waals surface area contributed by atoms with Gasteiger partial charge in [0.05, 0.1) is 5.69 Å². The summed E-state index contributed by atoms with van der Waals surface area (Å²) < 4.78 is 0. The van der Waals surface area contributed by atoms with Crippen LogP contribution in [0.25, 0.3) is 0 Å². The van der Waals surface area contributed by atoms with Gasteiger partial charge in [-0.05, 0) is 39.5 Å². The first kappa shape index (κ1) is 14.8. The van der Waals surface area contributed by atoms with Gasteiger partial charge in [0, 0.05) is 10.9 Å². The fraction of sp³-hybridized carbons (Fsp3) is 0.812. The maximum atomic E-state index is 4.83. The van der Waals surface area contributed by atoms with Gasteiger partial charge in [-0.15, -0.1) is 11.3 Å². The molecule has 0 aliphatic heterocycles. The minimum Gasteiger partial charge on any atom is -0.359 e. The first-order valence-corrected chi connectivity index (χ1v) is 8.82. The van der Waals surface area contributed by atoms with Gasteiger partial charge in [0.1, 0.15) is 0 Å². The molecule has 0 atom stereocenters. The van der Waals surface area contributed by atoms with E-state index in [-0.39, 0.29) is 0 Å². The van der Waals surface area contributed by atoms with Crippen molar-refractivity contribution in [3.63, 3.8) is 0 Å². The molecule has 2 nitrogen and oxygen atoms in total. The molecule has 0 radical (unpaired) electrons. The van der Waals surface area contributed by atoms with Crippen LogP contribution in [-0.4, -0.2) is 11.0 Å². The van der Waals surface area contributed by atoms with Crippen LogP contribution >= 0.6 is 11.3 Å². The van der Waals surface area contributed by atoms with Gasteiger partial charge in [0.2, 0.25) is 0 Å². The lowest BCUT2D eigenvalue weighted by atomic mass is 10.0. The molecule has 0 spiro atoms. The highest BCUT2D eigenvalue weighted by molar-refractivity contribution is 7.15. The second kappa shape index (κ2) is 7.88. The van der Waals surface area contributed by atoms with Gasteiger partial charge in [0.15, 0.2) is 5.13 Å². The fourth-order valence-electron chi connectivity index (χ4n) is 2.72. The van der Waals surface area contributed by atoms with Crippen LogP contribution < -0.4 is 5.32 Å². The Bertz CT molecular complexity index is 341. The quantitative estimate of drug-likeness (QED) is 0.807. The molecule has 1 aromatic heterocycles. The molecule has 0 aromatic carbocycles. The fourth-order valence-corrected chi connectivity index (χ4v) is 3.92. The molecule has 1 N–H and O–H groups in total. The van der Waals surface area contributed by atoms with Crippen molar-refractivity contribution in [1.29, 1.82) is 0 Å². The number of thiazole rings is 1. The summed E-state index contributed by atoms with van der Waals surface area (Å²) in [6.07, 6.45) is 13.6. The van der Waals surface area contributed by atoms with Gasteiger partial charge in [-0.2, -0.15) is 0 Å². The molecule has 1 aliphatic carbocycles. The first-order chi connectivity index (χ1) is 9.25. The molecule has 0 fully saturated rings. The molecule has 3 heteroatoms. The summed E-state index contributed by atoms with van der Waals surface area (Å²) in [5.41, 5.74) is 1.38. The van der Waals surface area contributed by atoms with E-state index in [2.05, 4.69) is 19.2 Å². The second-order valence-corrected chi connectivity index (χ2v) is 7.10. The minimum absolute atomic E-state index is 0.480. The molecular weight excluding hydrogens is 252 g/mol. The Morgan fingerprint density at radius 3 is 2.11 bits per heavy atom. The van der Waals surface area contributed by atoms with Crippen molar-refractivity contribution in [2.75, 3.05) is 5.32 Å². The maximum Gasteiger partial charge on any atom is 0.183 e. The maximum absolute atomic E-state index is 4.83. The zero-order chi connectivity index (χ0) is 13.5. The lowest BCUT2D eigenvalue weighted by molar-refractivity contribution is 0.559. The number of fused-ring (bicyclic) bond motifs is 1. The number of anilines is 1. The number of nitrogens with one attached hydrogen (secondary N) is 1. The Hall–Kier alpha value is -0.570. The van der Waals surface area contributed by atoms with Gasteiger partial charge in [0.25, 0.3) is 0 Å². The highest BCUT2D eigenvalue weighted by atomic mass is 32.1. The van der Waals surface area contributed by atoms with Crippen molar-refractivity contribution in [3.8, 4) is 0 Å². The summed E-state index contributed by atoms with van der Waals surface area (Å²) in [6, 6.07) is 0.480. The Labute approximate surface area is 122 Å². The number of aryl methyl sites for hydroxylation is 2. The van der Waals surface area contributed by atoms with Crippen molar-refractivity contribution >= 4 is 16.5 Å². The third-order valence-electron chi connectivity index (χ3n) is 3.76. The molecular formula is C16H28N2S. The topological polar surface area (TPSA) is 24.9 Å². The van der Waals surface area contributed by atoms with E-state index in [4.69, 9.17) is 4.98 Å². The predicted octanol–water partition coefficient (Wildman–Crippen LogP) is 5.18. The molecule has 0 saturated heterocycles. The molecule has 1 aromatic rings. The SMILES string of the molecule is CC(C)Nc1nc2c(s1)CCCCCCCCCC2. The number of hydrogen-bond donors (Lipinski definition) is 1. The summed E-state index contributed by atoms with van der Waals surface area (Å²) in [4.78, 5) is 6.37. The monoisotopic (exact) mass is 280 g/mol. The van der Waals surface area contributed by atoms with Crippen LogP contribution in [0.4, 0.5) is 5.13 Å². The normalized spacial score (nSPS) is 18.5. The molecule has 0 bridgehead atoms. The van der Waals surface area contributed by atoms with Crippen molar-refractivity contribution < 1.29 is 0 Å². The summed E-state index contributed by atoms with van der Waals surface area (Å²) >= 11 is 1.89. The summed E-state index contributed by atoms with van der Waals surface area (Å²) in [7, 11) is 0. The molecule has 19 heavy (non-hydrogen) atoms. The molecule has 0 unspecified atom stereocenters. The van der Waals surface area contributed by atoms with E-state index in [1.807, 2.05) is 11.3 Å². The highest BCUT2D eigenvalue weighted by Gasteiger charge is 2.12. The zero-order valence-electron chi connectivity index (χ0n) is 12.5. The molecule has 0 amide bonds. The third-order valence-corrected chi connectivity index (χ3v) is 4.85. The highest BCUT2D eigenvalue weighted by Crippen LogP contribution is 2.27. The van der Waals surface area contributed by atoms with E-state index < -0.39 is 0 Å². The molecule has 1 heterocycles. The Kier molecular flexibility index (Phi) is 6.15. The van der Waals surface area contributed by atoms with Crippen LogP contribution in [0.15, 0.2) is 0 Å². The van der Waals surface area contributed by atoms with E-state index in [0.717, 1.165) is 5.13 Å². The van der Waals surface area contributed by atoms with Crippen LogP contribution in [0.2, 0.25) is 0 Å². The number of hydrogen-bond acceptors (Lipinski definition) is 3. The largest absolute Gasteiger partial charge is 0.359 e. The van der Waals surface area contributed by atoms with Crippen LogP contribution in [0.1, 0.15) is 75.8 Å². The van der Waals surface area contributed by atoms with E-state index in [0.29, 0.717) is 6.04 Å². The van der Waals surface area contributed by atoms with Gasteiger partial charge in [-0.25, -0.2) is 4.98 Å². The Balaban J connectivity index is 2.02. The average Bonchev–Trinajstić information content (AvgIpc) is 2.70. The number of nitrogens with zero attached hydrogens (tertiary/aromatic N) is 1.